The van der Waals surface area contributed by atoms with Gasteiger partial charge in [0.1, 0.15) is 0 Å². The van der Waals surface area contributed by atoms with E-state index in [1.807, 2.05) is 18.3 Å². The van der Waals surface area contributed by atoms with Gasteiger partial charge >= 0.3 is 0 Å². The second kappa shape index (κ2) is 4.37. The Hall–Kier alpha value is -2.29. The number of nitrogen functional groups attached to an aromatic ring is 1. The molecule has 2 aromatic carbocycles. The molecule has 0 fully saturated rings. The fraction of sp³-hybridized carbons (Fsp3) is 0.235. The van der Waals surface area contributed by atoms with Crippen LogP contribution in [0.5, 0.6) is 0 Å². The summed E-state index contributed by atoms with van der Waals surface area (Å²) in [6, 6.07) is 14.8. The van der Waals surface area contributed by atoms with E-state index >= 15 is 0 Å². The fourth-order valence-corrected chi connectivity index (χ4v) is 3.30. The van der Waals surface area contributed by atoms with Gasteiger partial charge in [0, 0.05) is 42.2 Å². The van der Waals surface area contributed by atoms with Crippen molar-refractivity contribution in [1.29, 1.82) is 0 Å². The summed E-state index contributed by atoms with van der Waals surface area (Å²) in [6.07, 6.45) is 2.02. The standard InChI is InChI=1S/C17H17N3/c18-14-6-4-12(5-7-14)16-11-20-9-8-19-10-13-2-1-3-15(16)17(13)20/h1-7,10,16H,8-9,11,18H2/t16-/m0/s1. The molecule has 0 aromatic heterocycles. The number of anilines is 2. The van der Waals surface area contributed by atoms with Crippen molar-refractivity contribution in [3.05, 3.63) is 59.2 Å². The molecule has 0 bridgehead atoms. The summed E-state index contributed by atoms with van der Waals surface area (Å²) in [5.41, 5.74) is 12.0. The Morgan fingerprint density at radius 3 is 2.80 bits per heavy atom. The van der Waals surface area contributed by atoms with E-state index in [-0.39, 0.29) is 0 Å². The maximum absolute atomic E-state index is 5.80. The molecule has 0 saturated heterocycles. The van der Waals surface area contributed by atoms with Crippen molar-refractivity contribution >= 4 is 17.6 Å². The number of rotatable bonds is 1. The molecule has 2 aromatic rings. The molecule has 2 N–H and O–H groups in total. The second-order valence-electron chi connectivity index (χ2n) is 5.49. The lowest BCUT2D eigenvalue weighted by atomic mass is 9.92. The van der Waals surface area contributed by atoms with Crippen molar-refractivity contribution in [2.24, 2.45) is 4.99 Å². The van der Waals surface area contributed by atoms with Crippen LogP contribution in [0.25, 0.3) is 0 Å². The van der Waals surface area contributed by atoms with Gasteiger partial charge in [-0.25, -0.2) is 0 Å². The summed E-state index contributed by atoms with van der Waals surface area (Å²) in [5.74, 6) is 0.442. The van der Waals surface area contributed by atoms with Gasteiger partial charge in [0.15, 0.2) is 0 Å². The average Bonchev–Trinajstić information content (AvgIpc) is 2.71. The molecule has 3 heteroatoms. The van der Waals surface area contributed by atoms with Crippen LogP contribution in [-0.2, 0) is 0 Å². The summed E-state index contributed by atoms with van der Waals surface area (Å²) in [5, 5.41) is 0. The molecule has 3 nitrogen and oxygen atoms in total. The third-order valence-corrected chi connectivity index (χ3v) is 4.26. The first kappa shape index (κ1) is 11.5. The van der Waals surface area contributed by atoms with E-state index in [4.69, 9.17) is 5.73 Å². The summed E-state index contributed by atoms with van der Waals surface area (Å²) >= 11 is 0. The van der Waals surface area contributed by atoms with Gasteiger partial charge in [0.05, 0.1) is 6.54 Å². The quantitative estimate of drug-likeness (QED) is 0.804. The minimum atomic E-state index is 0.442. The number of hydrogen-bond acceptors (Lipinski definition) is 3. The molecule has 2 aliphatic heterocycles. The normalized spacial score (nSPS) is 19.8. The van der Waals surface area contributed by atoms with E-state index in [0.717, 1.165) is 25.3 Å². The monoisotopic (exact) mass is 263 g/mol. The van der Waals surface area contributed by atoms with Crippen LogP contribution in [-0.4, -0.2) is 25.8 Å². The second-order valence-corrected chi connectivity index (χ2v) is 5.49. The predicted molar refractivity (Wildman–Crippen MR) is 83.8 cm³/mol. The first-order chi connectivity index (χ1) is 9.83. The molecule has 0 amide bonds. The zero-order valence-electron chi connectivity index (χ0n) is 11.3. The molecule has 20 heavy (non-hydrogen) atoms. The van der Waals surface area contributed by atoms with Crippen LogP contribution >= 0.6 is 0 Å². The topological polar surface area (TPSA) is 41.6 Å². The zero-order chi connectivity index (χ0) is 13.5. The summed E-state index contributed by atoms with van der Waals surface area (Å²) in [6.45, 7) is 2.92. The first-order valence-electron chi connectivity index (χ1n) is 7.06. The predicted octanol–water partition coefficient (Wildman–Crippen LogP) is 2.65. The number of nitrogens with zero attached hydrogens (tertiary/aromatic N) is 2. The van der Waals surface area contributed by atoms with Crippen LogP contribution in [0, 0.1) is 0 Å². The van der Waals surface area contributed by atoms with Gasteiger partial charge in [0.25, 0.3) is 0 Å². The Labute approximate surface area is 118 Å². The molecule has 1 atom stereocenters. The molecule has 2 heterocycles. The molecular weight excluding hydrogens is 246 g/mol. The lowest BCUT2D eigenvalue weighted by Crippen LogP contribution is -2.24. The molecule has 0 unspecified atom stereocenters. The number of nitrogens with two attached hydrogens (primary N) is 1. The molecule has 0 spiro atoms. The van der Waals surface area contributed by atoms with Gasteiger partial charge < -0.3 is 10.6 Å². The summed E-state index contributed by atoms with van der Waals surface area (Å²) in [4.78, 5) is 6.93. The van der Waals surface area contributed by atoms with E-state index in [9.17, 15) is 0 Å². The average molecular weight is 263 g/mol. The van der Waals surface area contributed by atoms with Gasteiger partial charge in [-0.2, -0.15) is 0 Å². The molecule has 0 saturated carbocycles. The van der Waals surface area contributed by atoms with Crippen molar-refractivity contribution in [2.45, 2.75) is 5.92 Å². The van der Waals surface area contributed by atoms with E-state index in [0.29, 0.717) is 5.92 Å². The smallest absolute Gasteiger partial charge is 0.0565 e. The van der Waals surface area contributed by atoms with Gasteiger partial charge in [-0.05, 0) is 23.3 Å². The molecule has 100 valence electrons. The van der Waals surface area contributed by atoms with Crippen LogP contribution in [0.4, 0.5) is 11.4 Å². The van der Waals surface area contributed by atoms with Crippen LogP contribution in [0.1, 0.15) is 22.6 Å². The maximum atomic E-state index is 5.80. The highest BCUT2D eigenvalue weighted by Gasteiger charge is 2.31. The Morgan fingerprint density at radius 2 is 1.95 bits per heavy atom. The summed E-state index contributed by atoms with van der Waals surface area (Å²) < 4.78 is 0. The molecular formula is C17H17N3. The number of para-hydroxylation sites is 1. The van der Waals surface area contributed by atoms with E-state index < -0.39 is 0 Å². The third kappa shape index (κ3) is 1.70. The van der Waals surface area contributed by atoms with E-state index in [1.54, 1.807) is 0 Å². The van der Waals surface area contributed by atoms with Crippen LogP contribution in [0.15, 0.2) is 47.5 Å². The Morgan fingerprint density at radius 1 is 1.10 bits per heavy atom. The highest BCUT2D eigenvalue weighted by molar-refractivity contribution is 5.91. The SMILES string of the molecule is Nc1ccc([C@@H]2CN3CCN=Cc4cccc2c43)cc1. The summed E-state index contributed by atoms with van der Waals surface area (Å²) in [7, 11) is 0. The van der Waals surface area contributed by atoms with Crippen molar-refractivity contribution in [3.8, 4) is 0 Å². The molecule has 2 aliphatic rings. The van der Waals surface area contributed by atoms with Gasteiger partial charge in [-0.1, -0.05) is 30.3 Å². The van der Waals surface area contributed by atoms with Crippen molar-refractivity contribution in [1.82, 2.24) is 0 Å². The lowest BCUT2D eigenvalue weighted by Gasteiger charge is -2.18. The zero-order valence-corrected chi connectivity index (χ0v) is 11.3. The highest BCUT2D eigenvalue weighted by atomic mass is 15.2. The first-order valence-corrected chi connectivity index (χ1v) is 7.06. The number of hydrogen-bond donors (Lipinski definition) is 1. The maximum Gasteiger partial charge on any atom is 0.0565 e. The lowest BCUT2D eigenvalue weighted by molar-refractivity contribution is 0.773. The third-order valence-electron chi connectivity index (χ3n) is 4.26. The Kier molecular flexibility index (Phi) is 2.52. The molecule has 0 radical (unpaired) electrons. The van der Waals surface area contributed by atoms with Crippen LogP contribution in [0.2, 0.25) is 0 Å². The van der Waals surface area contributed by atoms with Gasteiger partial charge in [-0.3, -0.25) is 4.99 Å². The van der Waals surface area contributed by atoms with E-state index in [1.165, 1.54) is 22.4 Å². The fourth-order valence-electron chi connectivity index (χ4n) is 3.30. The van der Waals surface area contributed by atoms with Gasteiger partial charge in [0.2, 0.25) is 0 Å². The van der Waals surface area contributed by atoms with Crippen molar-refractivity contribution in [2.75, 3.05) is 30.3 Å². The Balaban J connectivity index is 1.83. The van der Waals surface area contributed by atoms with Gasteiger partial charge in [-0.15, -0.1) is 0 Å². The minimum absolute atomic E-state index is 0.442. The van der Waals surface area contributed by atoms with Crippen LogP contribution < -0.4 is 10.6 Å². The van der Waals surface area contributed by atoms with Crippen LogP contribution in [0.3, 0.4) is 0 Å². The number of benzene rings is 2. The van der Waals surface area contributed by atoms with Crippen molar-refractivity contribution < 1.29 is 0 Å². The molecule has 0 aliphatic carbocycles. The van der Waals surface area contributed by atoms with E-state index in [2.05, 4.69) is 40.2 Å². The Bertz CT molecular complexity index is 673. The highest BCUT2D eigenvalue weighted by Crippen LogP contribution is 2.42. The van der Waals surface area contributed by atoms with Crippen molar-refractivity contribution in [3.63, 3.8) is 0 Å². The molecule has 4 rings (SSSR count). The number of aliphatic imine (C=N–C) groups is 1. The minimum Gasteiger partial charge on any atom is -0.399 e. The largest absolute Gasteiger partial charge is 0.399 e.